The van der Waals surface area contributed by atoms with E-state index >= 15 is 0 Å². The summed E-state index contributed by atoms with van der Waals surface area (Å²) in [5.41, 5.74) is 4.41. The first kappa shape index (κ1) is 17.0. The van der Waals surface area contributed by atoms with Crippen molar-refractivity contribution in [3.8, 4) is 5.75 Å². The Hall–Kier alpha value is -3.40. The van der Waals surface area contributed by atoms with Crippen LogP contribution in [-0.2, 0) is 13.1 Å². The zero-order chi connectivity index (χ0) is 19.0. The standard InChI is InChI=1S/C23H19NO3/c1-15-20(25)12-11-19-14-24(23(27)21(15)19)13-16-7-9-18(10-8-16)22(26)17-5-3-2-4-6-17/h2-12,25H,13-14H2,1H3. The van der Waals surface area contributed by atoms with Gasteiger partial charge in [0.05, 0.1) is 5.56 Å². The van der Waals surface area contributed by atoms with Gasteiger partial charge in [-0.1, -0.05) is 60.7 Å². The number of hydrogen-bond donors (Lipinski definition) is 1. The summed E-state index contributed by atoms with van der Waals surface area (Å²) in [5.74, 6) is 0.0634. The number of nitrogens with zero attached hydrogens (tertiary/aromatic N) is 1. The number of phenolic OH excluding ortho intramolecular Hbond substituents is 1. The summed E-state index contributed by atoms with van der Waals surface area (Å²) in [6.07, 6.45) is 0. The average Bonchev–Trinajstić information content (AvgIpc) is 3.01. The molecule has 0 spiro atoms. The van der Waals surface area contributed by atoms with E-state index in [0.717, 1.165) is 11.1 Å². The summed E-state index contributed by atoms with van der Waals surface area (Å²) in [4.78, 5) is 26.9. The fraction of sp³-hybridized carbons (Fsp3) is 0.130. The van der Waals surface area contributed by atoms with Crippen LogP contribution < -0.4 is 0 Å². The third kappa shape index (κ3) is 3.10. The van der Waals surface area contributed by atoms with Gasteiger partial charge in [-0.3, -0.25) is 9.59 Å². The molecular weight excluding hydrogens is 338 g/mol. The van der Waals surface area contributed by atoms with E-state index in [1.165, 1.54) is 0 Å². The van der Waals surface area contributed by atoms with E-state index in [0.29, 0.717) is 35.3 Å². The molecular formula is C23H19NO3. The molecule has 0 saturated carbocycles. The molecule has 0 aromatic heterocycles. The number of phenols is 1. The number of ketones is 1. The number of aromatic hydroxyl groups is 1. The van der Waals surface area contributed by atoms with E-state index in [1.54, 1.807) is 48.2 Å². The lowest BCUT2D eigenvalue weighted by molar-refractivity contribution is 0.0765. The molecule has 0 atom stereocenters. The molecule has 1 N–H and O–H groups in total. The highest BCUT2D eigenvalue weighted by Crippen LogP contribution is 2.31. The predicted octanol–water partition coefficient (Wildman–Crippen LogP) is 4.09. The molecule has 3 aromatic carbocycles. The van der Waals surface area contributed by atoms with Gasteiger partial charge in [-0.15, -0.1) is 0 Å². The highest BCUT2D eigenvalue weighted by Gasteiger charge is 2.29. The molecule has 1 aliphatic heterocycles. The quantitative estimate of drug-likeness (QED) is 0.716. The van der Waals surface area contributed by atoms with Gasteiger partial charge in [0.1, 0.15) is 5.75 Å². The largest absolute Gasteiger partial charge is 0.508 e. The molecule has 0 radical (unpaired) electrons. The highest BCUT2D eigenvalue weighted by molar-refractivity contribution is 6.09. The summed E-state index contributed by atoms with van der Waals surface area (Å²) >= 11 is 0. The lowest BCUT2D eigenvalue weighted by atomic mass is 10.0. The van der Waals surface area contributed by atoms with Crippen LogP contribution >= 0.6 is 0 Å². The zero-order valence-electron chi connectivity index (χ0n) is 15.0. The molecule has 1 aliphatic rings. The molecule has 134 valence electrons. The molecule has 3 aromatic rings. The summed E-state index contributed by atoms with van der Waals surface area (Å²) in [6.45, 7) is 2.76. The van der Waals surface area contributed by atoms with Gasteiger partial charge >= 0.3 is 0 Å². The van der Waals surface area contributed by atoms with Crippen LogP contribution in [0.3, 0.4) is 0 Å². The fourth-order valence-corrected chi connectivity index (χ4v) is 3.49. The summed E-state index contributed by atoms with van der Waals surface area (Å²) in [7, 11) is 0. The average molecular weight is 357 g/mol. The first-order chi connectivity index (χ1) is 13.0. The van der Waals surface area contributed by atoms with Crippen molar-refractivity contribution in [3.63, 3.8) is 0 Å². The van der Waals surface area contributed by atoms with Crippen molar-refractivity contribution in [1.29, 1.82) is 0 Å². The molecule has 4 rings (SSSR count). The van der Waals surface area contributed by atoms with Gasteiger partial charge < -0.3 is 10.0 Å². The molecule has 0 bridgehead atoms. The maximum absolute atomic E-state index is 12.7. The van der Waals surface area contributed by atoms with E-state index in [4.69, 9.17) is 0 Å². The van der Waals surface area contributed by atoms with Crippen LogP contribution in [0, 0.1) is 6.92 Å². The molecule has 0 fully saturated rings. The van der Waals surface area contributed by atoms with Crippen LogP contribution in [0.4, 0.5) is 0 Å². The minimum absolute atomic E-state index is 0.0158. The second kappa shape index (κ2) is 6.72. The molecule has 4 heteroatoms. The zero-order valence-corrected chi connectivity index (χ0v) is 15.0. The summed E-state index contributed by atoms with van der Waals surface area (Å²) in [6, 6.07) is 20.0. The molecule has 0 saturated heterocycles. The number of hydrogen-bond acceptors (Lipinski definition) is 3. The Balaban J connectivity index is 1.51. The monoisotopic (exact) mass is 357 g/mol. The Bertz CT molecular complexity index is 1020. The van der Waals surface area contributed by atoms with Gasteiger partial charge in [0, 0.05) is 29.8 Å². The van der Waals surface area contributed by atoms with Crippen LogP contribution in [-0.4, -0.2) is 21.7 Å². The van der Waals surface area contributed by atoms with Gasteiger partial charge in [0.15, 0.2) is 5.78 Å². The van der Waals surface area contributed by atoms with E-state index < -0.39 is 0 Å². The van der Waals surface area contributed by atoms with Crippen molar-refractivity contribution in [2.24, 2.45) is 0 Å². The molecule has 1 amide bonds. The number of fused-ring (bicyclic) bond motifs is 1. The van der Waals surface area contributed by atoms with Gasteiger partial charge in [-0.25, -0.2) is 0 Å². The topological polar surface area (TPSA) is 57.6 Å². The highest BCUT2D eigenvalue weighted by atomic mass is 16.3. The summed E-state index contributed by atoms with van der Waals surface area (Å²) in [5, 5.41) is 9.85. The fourth-order valence-electron chi connectivity index (χ4n) is 3.49. The minimum Gasteiger partial charge on any atom is -0.508 e. The number of carbonyl (C=O) groups excluding carboxylic acids is 2. The second-order valence-electron chi connectivity index (χ2n) is 6.80. The maximum atomic E-state index is 12.7. The normalized spacial score (nSPS) is 12.9. The lowest BCUT2D eigenvalue weighted by Crippen LogP contribution is -2.23. The Morgan fingerprint density at radius 1 is 0.963 bits per heavy atom. The SMILES string of the molecule is Cc1c(O)ccc2c1C(=O)N(Cc1ccc(C(=O)c3ccccc3)cc1)C2. The first-order valence-electron chi connectivity index (χ1n) is 8.84. The third-order valence-electron chi connectivity index (χ3n) is 5.01. The second-order valence-corrected chi connectivity index (χ2v) is 6.80. The Kier molecular flexibility index (Phi) is 4.24. The molecule has 27 heavy (non-hydrogen) atoms. The van der Waals surface area contributed by atoms with Gasteiger partial charge in [-0.2, -0.15) is 0 Å². The van der Waals surface area contributed by atoms with Crippen molar-refractivity contribution >= 4 is 11.7 Å². The van der Waals surface area contributed by atoms with Crippen LogP contribution in [0.1, 0.15) is 43.0 Å². The summed E-state index contributed by atoms with van der Waals surface area (Å²) < 4.78 is 0. The minimum atomic E-state index is -0.0668. The smallest absolute Gasteiger partial charge is 0.255 e. The van der Waals surface area contributed by atoms with Crippen LogP contribution in [0.5, 0.6) is 5.75 Å². The Morgan fingerprint density at radius 3 is 2.33 bits per heavy atom. The molecule has 0 unspecified atom stereocenters. The number of amides is 1. The van der Waals surface area contributed by atoms with Crippen molar-refractivity contribution in [3.05, 3.63) is 100 Å². The van der Waals surface area contributed by atoms with Gasteiger partial charge in [0.2, 0.25) is 0 Å². The molecule has 1 heterocycles. The van der Waals surface area contributed by atoms with Crippen molar-refractivity contribution in [2.45, 2.75) is 20.0 Å². The van der Waals surface area contributed by atoms with Crippen LogP contribution in [0.2, 0.25) is 0 Å². The van der Waals surface area contributed by atoms with E-state index in [-0.39, 0.29) is 17.4 Å². The lowest BCUT2D eigenvalue weighted by Gasteiger charge is -2.16. The molecule has 0 aliphatic carbocycles. The van der Waals surface area contributed by atoms with Gasteiger partial charge in [0.25, 0.3) is 5.91 Å². The van der Waals surface area contributed by atoms with Crippen molar-refractivity contribution in [2.75, 3.05) is 0 Å². The van der Waals surface area contributed by atoms with E-state index in [9.17, 15) is 14.7 Å². The van der Waals surface area contributed by atoms with Crippen molar-refractivity contribution < 1.29 is 14.7 Å². The number of benzene rings is 3. The Morgan fingerprint density at radius 2 is 1.63 bits per heavy atom. The van der Waals surface area contributed by atoms with Crippen LogP contribution in [0.25, 0.3) is 0 Å². The van der Waals surface area contributed by atoms with E-state index in [2.05, 4.69) is 0 Å². The van der Waals surface area contributed by atoms with Crippen molar-refractivity contribution in [1.82, 2.24) is 4.90 Å². The Labute approximate surface area is 157 Å². The van der Waals surface area contributed by atoms with Crippen LogP contribution in [0.15, 0.2) is 66.7 Å². The molecule has 4 nitrogen and oxygen atoms in total. The predicted molar refractivity (Wildman–Crippen MR) is 103 cm³/mol. The first-order valence-corrected chi connectivity index (χ1v) is 8.84. The van der Waals surface area contributed by atoms with Gasteiger partial charge in [-0.05, 0) is 24.1 Å². The number of rotatable bonds is 4. The van der Waals surface area contributed by atoms with E-state index in [1.807, 2.05) is 30.3 Å². The number of carbonyl (C=O) groups is 2. The maximum Gasteiger partial charge on any atom is 0.255 e. The third-order valence-corrected chi connectivity index (χ3v) is 5.01.